The second kappa shape index (κ2) is 13.7. The number of hydrogen-bond donors (Lipinski definition) is 2. The standard InChI is InChI=1S/C29H32N2O7/c1-35-24-17-21(18-25(36-2)28(24)38-4)29(34)30-14-8-13-26(32)31-23-12-6-5-11-22(23)20-10-7-9-19(15-20)16-27(33)37-3/h5-7,9-12,15,17-18H,8,13-14,16H2,1-4H3,(H,30,34)(H,31,32). The van der Waals surface area contributed by atoms with Crippen molar-refractivity contribution >= 4 is 23.5 Å². The lowest BCUT2D eigenvalue weighted by atomic mass is 10.00. The van der Waals surface area contributed by atoms with Crippen molar-refractivity contribution in [2.45, 2.75) is 19.3 Å². The van der Waals surface area contributed by atoms with Crippen LogP contribution in [0, 0.1) is 0 Å². The number of hydrogen-bond acceptors (Lipinski definition) is 7. The molecule has 0 radical (unpaired) electrons. The van der Waals surface area contributed by atoms with Crippen LogP contribution >= 0.6 is 0 Å². The zero-order valence-electron chi connectivity index (χ0n) is 22.0. The molecular weight excluding hydrogens is 488 g/mol. The van der Waals surface area contributed by atoms with Crippen LogP contribution in [0.1, 0.15) is 28.8 Å². The van der Waals surface area contributed by atoms with E-state index in [0.717, 1.165) is 16.7 Å². The Bertz CT molecular complexity index is 1260. The molecule has 2 N–H and O–H groups in total. The van der Waals surface area contributed by atoms with Crippen LogP contribution in [-0.2, 0) is 20.7 Å². The molecule has 2 amide bonds. The molecule has 0 spiro atoms. The summed E-state index contributed by atoms with van der Waals surface area (Å²) >= 11 is 0. The highest BCUT2D eigenvalue weighted by Gasteiger charge is 2.17. The molecule has 0 heterocycles. The second-order valence-electron chi connectivity index (χ2n) is 8.32. The number of anilines is 1. The summed E-state index contributed by atoms with van der Waals surface area (Å²) in [7, 11) is 5.81. The summed E-state index contributed by atoms with van der Waals surface area (Å²) in [6.45, 7) is 0.306. The van der Waals surface area contributed by atoms with Crippen molar-refractivity contribution in [3.05, 3.63) is 71.8 Å². The fraction of sp³-hybridized carbons (Fsp3) is 0.276. The van der Waals surface area contributed by atoms with Crippen molar-refractivity contribution in [2.24, 2.45) is 0 Å². The first kappa shape index (κ1) is 28.0. The Morgan fingerprint density at radius 1 is 0.816 bits per heavy atom. The number of amides is 2. The number of carbonyl (C=O) groups is 3. The quantitative estimate of drug-likeness (QED) is 0.271. The first-order valence-electron chi connectivity index (χ1n) is 12.0. The lowest BCUT2D eigenvalue weighted by Gasteiger charge is -2.14. The molecule has 0 aliphatic carbocycles. The van der Waals surface area contributed by atoms with Gasteiger partial charge in [0.15, 0.2) is 11.5 Å². The fourth-order valence-corrected chi connectivity index (χ4v) is 3.91. The van der Waals surface area contributed by atoms with Crippen LogP contribution in [0.4, 0.5) is 5.69 Å². The summed E-state index contributed by atoms with van der Waals surface area (Å²) in [4.78, 5) is 37.0. The summed E-state index contributed by atoms with van der Waals surface area (Å²) in [6, 6.07) is 18.1. The van der Waals surface area contributed by atoms with Crippen molar-refractivity contribution in [3.8, 4) is 28.4 Å². The molecule has 0 bridgehead atoms. The molecule has 3 rings (SSSR count). The Balaban J connectivity index is 1.58. The number of rotatable bonds is 12. The van der Waals surface area contributed by atoms with Gasteiger partial charge in [-0.2, -0.15) is 0 Å². The minimum atomic E-state index is -0.318. The third-order valence-corrected chi connectivity index (χ3v) is 5.81. The Kier molecular flexibility index (Phi) is 10.1. The minimum Gasteiger partial charge on any atom is -0.493 e. The second-order valence-corrected chi connectivity index (χ2v) is 8.32. The van der Waals surface area contributed by atoms with Crippen LogP contribution in [0.15, 0.2) is 60.7 Å². The van der Waals surface area contributed by atoms with Gasteiger partial charge >= 0.3 is 5.97 Å². The number of ether oxygens (including phenoxy) is 4. The molecule has 0 fully saturated rings. The van der Waals surface area contributed by atoms with E-state index >= 15 is 0 Å². The van der Waals surface area contributed by atoms with Crippen molar-refractivity contribution in [3.63, 3.8) is 0 Å². The summed E-state index contributed by atoms with van der Waals surface area (Å²) in [6.07, 6.45) is 0.825. The summed E-state index contributed by atoms with van der Waals surface area (Å²) in [5, 5.41) is 5.77. The third-order valence-electron chi connectivity index (χ3n) is 5.81. The molecule has 9 nitrogen and oxygen atoms in total. The molecule has 0 saturated heterocycles. The molecule has 0 aliphatic heterocycles. The van der Waals surface area contributed by atoms with Crippen LogP contribution in [0.3, 0.4) is 0 Å². The van der Waals surface area contributed by atoms with Crippen LogP contribution in [0.5, 0.6) is 17.2 Å². The molecule has 200 valence electrons. The monoisotopic (exact) mass is 520 g/mol. The maximum atomic E-state index is 12.7. The van der Waals surface area contributed by atoms with E-state index in [1.165, 1.54) is 28.4 Å². The fourth-order valence-electron chi connectivity index (χ4n) is 3.91. The van der Waals surface area contributed by atoms with E-state index in [9.17, 15) is 14.4 Å². The molecule has 9 heteroatoms. The van der Waals surface area contributed by atoms with E-state index in [-0.39, 0.29) is 30.6 Å². The first-order valence-corrected chi connectivity index (χ1v) is 12.0. The summed E-state index contributed by atoms with van der Waals surface area (Å²) in [5.41, 5.74) is 3.54. The summed E-state index contributed by atoms with van der Waals surface area (Å²) in [5.74, 6) is 0.351. The molecule has 3 aromatic carbocycles. The summed E-state index contributed by atoms with van der Waals surface area (Å²) < 4.78 is 20.6. The molecule has 0 unspecified atom stereocenters. The lowest BCUT2D eigenvalue weighted by Crippen LogP contribution is -2.25. The molecule has 38 heavy (non-hydrogen) atoms. The van der Waals surface area contributed by atoms with Crippen LogP contribution < -0.4 is 24.8 Å². The first-order chi connectivity index (χ1) is 18.4. The van der Waals surface area contributed by atoms with E-state index in [1.54, 1.807) is 12.1 Å². The van der Waals surface area contributed by atoms with Crippen molar-refractivity contribution in [1.29, 1.82) is 0 Å². The Morgan fingerprint density at radius 3 is 2.18 bits per heavy atom. The van der Waals surface area contributed by atoms with Crippen LogP contribution in [0.2, 0.25) is 0 Å². The van der Waals surface area contributed by atoms with Gasteiger partial charge < -0.3 is 29.6 Å². The third kappa shape index (κ3) is 7.25. The lowest BCUT2D eigenvalue weighted by molar-refractivity contribution is -0.139. The molecule has 0 aromatic heterocycles. The maximum Gasteiger partial charge on any atom is 0.309 e. The zero-order valence-corrected chi connectivity index (χ0v) is 22.0. The Morgan fingerprint density at radius 2 is 1.53 bits per heavy atom. The van der Waals surface area contributed by atoms with E-state index in [1.807, 2.05) is 48.5 Å². The van der Waals surface area contributed by atoms with Crippen molar-refractivity contribution < 1.29 is 33.3 Å². The van der Waals surface area contributed by atoms with E-state index < -0.39 is 0 Å². The van der Waals surface area contributed by atoms with Crippen molar-refractivity contribution in [1.82, 2.24) is 5.32 Å². The smallest absolute Gasteiger partial charge is 0.309 e. The van der Waals surface area contributed by atoms with Gasteiger partial charge in [-0.3, -0.25) is 14.4 Å². The largest absolute Gasteiger partial charge is 0.493 e. The molecular formula is C29H32N2O7. The number of nitrogens with one attached hydrogen (secondary N) is 2. The number of benzene rings is 3. The number of methoxy groups -OCH3 is 4. The van der Waals surface area contributed by atoms with Gasteiger partial charge in [-0.1, -0.05) is 42.5 Å². The Hall–Kier alpha value is -4.53. The maximum absolute atomic E-state index is 12.7. The normalized spacial score (nSPS) is 10.3. The average molecular weight is 521 g/mol. The van der Waals surface area contributed by atoms with E-state index in [4.69, 9.17) is 18.9 Å². The minimum absolute atomic E-state index is 0.167. The molecule has 0 atom stereocenters. The van der Waals surface area contributed by atoms with Gasteiger partial charge in [0, 0.05) is 29.8 Å². The van der Waals surface area contributed by atoms with Gasteiger partial charge in [-0.15, -0.1) is 0 Å². The predicted molar refractivity (Wildman–Crippen MR) is 144 cm³/mol. The highest BCUT2D eigenvalue weighted by molar-refractivity contribution is 5.96. The zero-order chi connectivity index (χ0) is 27.5. The number of esters is 1. The Labute approximate surface area is 222 Å². The van der Waals surface area contributed by atoms with Crippen molar-refractivity contribution in [2.75, 3.05) is 40.3 Å². The molecule has 3 aromatic rings. The van der Waals surface area contributed by atoms with E-state index in [2.05, 4.69) is 10.6 Å². The van der Waals surface area contributed by atoms with Gasteiger partial charge in [-0.25, -0.2) is 0 Å². The van der Waals surface area contributed by atoms with Crippen LogP contribution in [0.25, 0.3) is 11.1 Å². The van der Waals surface area contributed by atoms with Gasteiger partial charge in [0.2, 0.25) is 11.7 Å². The molecule has 0 aliphatic rings. The van der Waals surface area contributed by atoms with Gasteiger partial charge in [0.1, 0.15) is 0 Å². The number of para-hydroxylation sites is 1. The topological polar surface area (TPSA) is 112 Å². The van der Waals surface area contributed by atoms with Gasteiger partial charge in [-0.05, 0) is 35.7 Å². The van der Waals surface area contributed by atoms with E-state index in [0.29, 0.717) is 41.5 Å². The SMILES string of the molecule is COC(=O)Cc1cccc(-c2ccccc2NC(=O)CCCNC(=O)c2cc(OC)c(OC)c(OC)c2)c1. The predicted octanol–water partition coefficient (Wildman–Crippen LogP) is 4.24. The van der Waals surface area contributed by atoms with Gasteiger partial charge in [0.05, 0.1) is 34.9 Å². The number of carbonyl (C=O) groups excluding carboxylic acids is 3. The van der Waals surface area contributed by atoms with Gasteiger partial charge in [0.25, 0.3) is 5.91 Å². The highest BCUT2D eigenvalue weighted by atomic mass is 16.5. The highest BCUT2D eigenvalue weighted by Crippen LogP contribution is 2.38. The molecule has 0 saturated carbocycles. The van der Waals surface area contributed by atoms with Crippen LogP contribution in [-0.4, -0.2) is 52.8 Å². The average Bonchev–Trinajstić information content (AvgIpc) is 2.94.